The summed E-state index contributed by atoms with van der Waals surface area (Å²) in [6.45, 7) is 2.17. The third kappa shape index (κ3) is 3.69. The van der Waals surface area contributed by atoms with Gasteiger partial charge in [0.05, 0.1) is 12.1 Å². The van der Waals surface area contributed by atoms with Gasteiger partial charge in [-0.2, -0.15) is 0 Å². The summed E-state index contributed by atoms with van der Waals surface area (Å²) in [7, 11) is 0. The highest BCUT2D eigenvalue weighted by molar-refractivity contribution is 9.10. The zero-order valence-electron chi connectivity index (χ0n) is 11.8. The summed E-state index contributed by atoms with van der Waals surface area (Å²) in [6.07, 6.45) is 0. The molecule has 0 aliphatic carbocycles. The fourth-order valence-electron chi connectivity index (χ4n) is 2.34. The van der Waals surface area contributed by atoms with E-state index in [9.17, 15) is 0 Å². The number of hydrogen-bond acceptors (Lipinski definition) is 3. The molecule has 0 radical (unpaired) electrons. The molecule has 1 aliphatic rings. The van der Waals surface area contributed by atoms with Gasteiger partial charge in [0.25, 0.3) is 0 Å². The van der Waals surface area contributed by atoms with Crippen molar-refractivity contribution in [3.05, 3.63) is 70.2 Å². The van der Waals surface area contributed by atoms with Gasteiger partial charge in [0.15, 0.2) is 5.17 Å². The van der Waals surface area contributed by atoms with Crippen molar-refractivity contribution < 1.29 is 0 Å². The molecule has 2 unspecified atom stereocenters. The van der Waals surface area contributed by atoms with Crippen molar-refractivity contribution in [2.45, 2.75) is 19.0 Å². The lowest BCUT2D eigenvalue weighted by molar-refractivity contribution is 0.717. The SMILES string of the molecule is CC(NC1=NC(c2ccccc2)CS1)c1cccc(Br)c1. The van der Waals surface area contributed by atoms with E-state index in [0.717, 1.165) is 15.4 Å². The Kier molecular flexibility index (Phi) is 4.66. The van der Waals surface area contributed by atoms with Crippen LogP contribution in [-0.4, -0.2) is 10.9 Å². The summed E-state index contributed by atoms with van der Waals surface area (Å²) in [4.78, 5) is 4.80. The summed E-state index contributed by atoms with van der Waals surface area (Å²) >= 11 is 5.32. The van der Waals surface area contributed by atoms with E-state index in [1.165, 1.54) is 11.1 Å². The maximum Gasteiger partial charge on any atom is 0.157 e. The molecule has 4 heteroatoms. The van der Waals surface area contributed by atoms with Crippen molar-refractivity contribution in [2.24, 2.45) is 4.99 Å². The molecule has 108 valence electrons. The van der Waals surface area contributed by atoms with Gasteiger partial charge in [0.1, 0.15) is 0 Å². The van der Waals surface area contributed by atoms with E-state index < -0.39 is 0 Å². The van der Waals surface area contributed by atoms with Crippen molar-refractivity contribution in [2.75, 3.05) is 5.75 Å². The van der Waals surface area contributed by atoms with Crippen LogP contribution in [0, 0.1) is 0 Å². The Morgan fingerprint density at radius 3 is 2.76 bits per heavy atom. The molecular formula is C17H17BrN2S. The molecule has 2 nitrogen and oxygen atoms in total. The van der Waals surface area contributed by atoms with Crippen LogP contribution in [0.1, 0.15) is 30.1 Å². The van der Waals surface area contributed by atoms with Crippen LogP contribution in [0.4, 0.5) is 0 Å². The largest absolute Gasteiger partial charge is 0.358 e. The van der Waals surface area contributed by atoms with Crippen LogP contribution in [-0.2, 0) is 0 Å². The highest BCUT2D eigenvalue weighted by Crippen LogP contribution is 2.30. The molecule has 3 rings (SSSR count). The monoisotopic (exact) mass is 360 g/mol. The van der Waals surface area contributed by atoms with Crippen molar-refractivity contribution in [3.63, 3.8) is 0 Å². The second kappa shape index (κ2) is 6.67. The smallest absolute Gasteiger partial charge is 0.157 e. The summed E-state index contributed by atoms with van der Waals surface area (Å²) < 4.78 is 1.11. The van der Waals surface area contributed by atoms with E-state index in [-0.39, 0.29) is 12.1 Å². The Morgan fingerprint density at radius 2 is 2.00 bits per heavy atom. The summed E-state index contributed by atoms with van der Waals surface area (Å²) in [5.74, 6) is 1.01. The van der Waals surface area contributed by atoms with Crippen LogP contribution in [0.2, 0.25) is 0 Å². The summed E-state index contributed by atoms with van der Waals surface area (Å²) in [6, 6.07) is 19.4. The number of halogens is 1. The number of nitrogens with zero attached hydrogens (tertiary/aromatic N) is 1. The lowest BCUT2D eigenvalue weighted by Crippen LogP contribution is -2.22. The minimum absolute atomic E-state index is 0.253. The Morgan fingerprint density at radius 1 is 1.19 bits per heavy atom. The highest BCUT2D eigenvalue weighted by atomic mass is 79.9. The van der Waals surface area contributed by atoms with Crippen LogP contribution in [0.5, 0.6) is 0 Å². The second-order valence-corrected chi connectivity index (χ2v) is 7.02. The number of hydrogen-bond donors (Lipinski definition) is 1. The summed E-state index contributed by atoms with van der Waals surface area (Å²) in [5, 5.41) is 4.55. The van der Waals surface area contributed by atoms with Gasteiger partial charge in [-0.05, 0) is 30.2 Å². The van der Waals surface area contributed by atoms with Crippen molar-refractivity contribution in [3.8, 4) is 0 Å². The minimum Gasteiger partial charge on any atom is -0.358 e. The first-order valence-corrected chi connectivity index (χ1v) is 8.78. The Labute approximate surface area is 138 Å². The van der Waals surface area contributed by atoms with Crippen molar-refractivity contribution in [1.29, 1.82) is 0 Å². The van der Waals surface area contributed by atoms with Crippen molar-refractivity contribution >= 4 is 32.9 Å². The molecule has 0 bridgehead atoms. The Balaban J connectivity index is 1.68. The fourth-order valence-corrected chi connectivity index (χ4v) is 3.80. The molecular weight excluding hydrogens is 344 g/mol. The van der Waals surface area contributed by atoms with E-state index >= 15 is 0 Å². The normalized spacial score (nSPS) is 19.1. The maximum atomic E-state index is 4.80. The number of rotatable bonds is 3. The van der Waals surface area contributed by atoms with Crippen LogP contribution in [0.3, 0.4) is 0 Å². The molecule has 0 amide bonds. The van der Waals surface area contributed by atoms with Gasteiger partial charge in [-0.3, -0.25) is 4.99 Å². The highest BCUT2D eigenvalue weighted by Gasteiger charge is 2.21. The number of nitrogens with one attached hydrogen (secondary N) is 1. The lowest BCUT2D eigenvalue weighted by atomic mass is 10.1. The van der Waals surface area contributed by atoms with Gasteiger partial charge >= 0.3 is 0 Å². The molecule has 0 spiro atoms. The molecule has 2 atom stereocenters. The van der Waals surface area contributed by atoms with Crippen LogP contribution in [0.25, 0.3) is 0 Å². The molecule has 2 aromatic rings. The van der Waals surface area contributed by atoms with Gasteiger partial charge in [-0.15, -0.1) is 0 Å². The number of benzene rings is 2. The molecule has 0 aromatic heterocycles. The van der Waals surface area contributed by atoms with Gasteiger partial charge in [0.2, 0.25) is 0 Å². The fraction of sp³-hybridized carbons (Fsp3) is 0.235. The Hall–Kier alpha value is -1.26. The van der Waals surface area contributed by atoms with Crippen LogP contribution < -0.4 is 5.32 Å². The van der Waals surface area contributed by atoms with Crippen LogP contribution >= 0.6 is 27.7 Å². The average Bonchev–Trinajstić information content (AvgIpc) is 2.97. The molecule has 0 saturated carbocycles. The molecule has 21 heavy (non-hydrogen) atoms. The lowest BCUT2D eigenvalue weighted by Gasteiger charge is -2.15. The maximum absolute atomic E-state index is 4.80. The second-order valence-electron chi connectivity index (χ2n) is 5.09. The van der Waals surface area contributed by atoms with E-state index in [1.807, 2.05) is 12.1 Å². The van der Waals surface area contributed by atoms with E-state index in [2.05, 4.69) is 70.6 Å². The van der Waals surface area contributed by atoms with Crippen LogP contribution in [0.15, 0.2) is 64.1 Å². The number of amidine groups is 1. The Bertz CT molecular complexity index is 642. The average molecular weight is 361 g/mol. The van der Waals surface area contributed by atoms with E-state index in [0.29, 0.717) is 0 Å². The zero-order chi connectivity index (χ0) is 14.7. The molecule has 1 N–H and O–H groups in total. The zero-order valence-corrected chi connectivity index (χ0v) is 14.2. The quantitative estimate of drug-likeness (QED) is 0.837. The summed E-state index contributed by atoms with van der Waals surface area (Å²) in [5.41, 5.74) is 2.55. The molecule has 2 aromatic carbocycles. The predicted molar refractivity (Wildman–Crippen MR) is 94.8 cm³/mol. The minimum atomic E-state index is 0.253. The molecule has 1 heterocycles. The van der Waals surface area contributed by atoms with Gasteiger partial charge in [-0.1, -0.05) is 70.2 Å². The molecule has 0 fully saturated rings. The number of thioether (sulfide) groups is 1. The molecule has 1 aliphatic heterocycles. The van der Waals surface area contributed by atoms with Gasteiger partial charge in [-0.25, -0.2) is 0 Å². The standard InChI is InChI=1S/C17H17BrN2S/c1-12(14-8-5-9-15(18)10-14)19-17-20-16(11-21-17)13-6-3-2-4-7-13/h2-10,12,16H,11H2,1H3,(H,19,20). The van der Waals surface area contributed by atoms with Gasteiger partial charge < -0.3 is 5.32 Å². The number of aliphatic imine (C=N–C) groups is 1. The van der Waals surface area contributed by atoms with E-state index in [1.54, 1.807) is 11.8 Å². The third-order valence-corrected chi connectivity index (χ3v) is 5.00. The molecule has 0 saturated heterocycles. The van der Waals surface area contributed by atoms with Crippen molar-refractivity contribution in [1.82, 2.24) is 5.32 Å². The predicted octanol–water partition coefficient (Wildman–Crippen LogP) is 4.94. The first-order valence-electron chi connectivity index (χ1n) is 7.00. The topological polar surface area (TPSA) is 24.4 Å². The van der Waals surface area contributed by atoms with Gasteiger partial charge in [0, 0.05) is 10.2 Å². The first-order chi connectivity index (χ1) is 10.2. The third-order valence-electron chi connectivity index (χ3n) is 3.52. The van der Waals surface area contributed by atoms with E-state index in [4.69, 9.17) is 4.99 Å². The first kappa shape index (κ1) is 14.7.